The van der Waals surface area contributed by atoms with Crippen LogP contribution in [0, 0.1) is 0 Å². The van der Waals surface area contributed by atoms with Gasteiger partial charge in [0.05, 0.1) is 10.7 Å². The average molecular weight is 348 g/mol. The smallest absolute Gasteiger partial charge is 0.253 e. The van der Waals surface area contributed by atoms with E-state index >= 15 is 0 Å². The highest BCUT2D eigenvalue weighted by Gasteiger charge is 2.15. The van der Waals surface area contributed by atoms with Crippen molar-refractivity contribution in [1.29, 1.82) is 0 Å². The van der Waals surface area contributed by atoms with Crippen LogP contribution in [0.4, 0.5) is 0 Å². The molecule has 0 aromatic carbocycles. The third-order valence-corrected chi connectivity index (χ3v) is 5.94. The Morgan fingerprint density at radius 3 is 2.76 bits per heavy atom. The quantitative estimate of drug-likeness (QED) is 0.858. The molecule has 2 aromatic rings. The minimum atomic E-state index is -3.59. The van der Waals surface area contributed by atoms with Crippen molar-refractivity contribution >= 4 is 33.0 Å². The van der Waals surface area contributed by atoms with Crippen LogP contribution in [0.1, 0.15) is 12.6 Å². The van der Waals surface area contributed by atoms with Crippen LogP contribution in [-0.4, -0.2) is 24.5 Å². The molecule has 0 aliphatic rings. The van der Waals surface area contributed by atoms with Gasteiger partial charge in [-0.15, -0.1) is 11.3 Å². The van der Waals surface area contributed by atoms with E-state index in [0.717, 1.165) is 11.3 Å². The van der Waals surface area contributed by atoms with Crippen LogP contribution in [0.3, 0.4) is 0 Å². The van der Waals surface area contributed by atoms with Crippen LogP contribution in [0.2, 0.25) is 4.34 Å². The van der Waals surface area contributed by atoms with Gasteiger partial charge >= 0.3 is 0 Å². The molecular formula is C12H14ClN3O3S2. The van der Waals surface area contributed by atoms with Gasteiger partial charge in [0, 0.05) is 24.8 Å². The molecule has 0 saturated carbocycles. The number of nitrogens with zero attached hydrogens (tertiary/aromatic N) is 2. The highest BCUT2D eigenvalue weighted by Crippen LogP contribution is 2.25. The highest BCUT2D eigenvalue weighted by atomic mass is 35.5. The van der Waals surface area contributed by atoms with E-state index in [2.05, 4.69) is 9.71 Å². The van der Waals surface area contributed by atoms with Gasteiger partial charge in [0.2, 0.25) is 10.0 Å². The van der Waals surface area contributed by atoms with Gasteiger partial charge in [-0.05, 0) is 18.6 Å². The molecule has 0 atom stereocenters. The predicted octanol–water partition coefficient (Wildman–Crippen LogP) is 1.50. The fourth-order valence-electron chi connectivity index (χ4n) is 1.64. The first kappa shape index (κ1) is 16.2. The fraction of sp³-hybridized carbons (Fsp3) is 0.333. The maximum absolute atomic E-state index is 12.0. The van der Waals surface area contributed by atoms with Crippen molar-refractivity contribution in [3.8, 4) is 0 Å². The van der Waals surface area contributed by atoms with Crippen LogP contribution >= 0.6 is 22.9 Å². The maximum atomic E-state index is 12.0. The molecule has 114 valence electrons. The second kappa shape index (κ2) is 6.69. The van der Waals surface area contributed by atoms with Crippen molar-refractivity contribution in [2.24, 2.45) is 0 Å². The summed E-state index contributed by atoms with van der Waals surface area (Å²) in [7, 11) is -3.59. The van der Waals surface area contributed by atoms with Crippen LogP contribution in [0.25, 0.3) is 0 Å². The SMILES string of the molecule is CCc1cc(=O)n(CCNS(=O)(=O)c2ccc(Cl)s2)cn1. The molecule has 2 aromatic heterocycles. The molecule has 0 amide bonds. The van der Waals surface area contributed by atoms with Crippen LogP contribution in [0.15, 0.2) is 33.5 Å². The van der Waals surface area contributed by atoms with E-state index in [1.54, 1.807) is 0 Å². The first-order valence-corrected chi connectivity index (χ1v) is 8.90. The monoisotopic (exact) mass is 347 g/mol. The van der Waals surface area contributed by atoms with Crippen molar-refractivity contribution in [3.63, 3.8) is 0 Å². The summed E-state index contributed by atoms with van der Waals surface area (Å²) in [6, 6.07) is 4.42. The Balaban J connectivity index is 2.00. The van der Waals surface area contributed by atoms with Crippen LogP contribution < -0.4 is 10.3 Å². The second-order valence-electron chi connectivity index (χ2n) is 4.22. The van der Waals surface area contributed by atoms with E-state index in [1.165, 1.54) is 29.1 Å². The molecule has 2 rings (SSSR count). The molecule has 0 unspecified atom stereocenters. The van der Waals surface area contributed by atoms with Gasteiger partial charge in [-0.2, -0.15) is 0 Å². The number of hydrogen-bond acceptors (Lipinski definition) is 5. The molecule has 0 fully saturated rings. The first-order valence-electron chi connectivity index (χ1n) is 6.23. The zero-order valence-corrected chi connectivity index (χ0v) is 13.6. The van der Waals surface area contributed by atoms with Crippen molar-refractivity contribution < 1.29 is 8.42 Å². The van der Waals surface area contributed by atoms with E-state index in [0.29, 0.717) is 16.5 Å². The largest absolute Gasteiger partial charge is 0.298 e. The highest BCUT2D eigenvalue weighted by molar-refractivity contribution is 7.91. The lowest BCUT2D eigenvalue weighted by Crippen LogP contribution is -2.30. The van der Waals surface area contributed by atoms with Crippen LogP contribution in [-0.2, 0) is 23.0 Å². The molecule has 0 spiro atoms. The van der Waals surface area contributed by atoms with Gasteiger partial charge in [-0.3, -0.25) is 9.36 Å². The number of halogens is 1. The summed E-state index contributed by atoms with van der Waals surface area (Å²) in [5.74, 6) is 0. The van der Waals surface area contributed by atoms with Crippen molar-refractivity contribution in [2.45, 2.75) is 24.1 Å². The summed E-state index contributed by atoms with van der Waals surface area (Å²) in [6.07, 6.45) is 2.11. The molecule has 0 aliphatic heterocycles. The predicted molar refractivity (Wildman–Crippen MR) is 82.4 cm³/mol. The van der Waals surface area contributed by atoms with Gasteiger partial charge in [0.25, 0.3) is 5.56 Å². The Labute approximate surface area is 131 Å². The topological polar surface area (TPSA) is 81.1 Å². The lowest BCUT2D eigenvalue weighted by molar-refractivity contribution is 0.570. The Kier molecular flexibility index (Phi) is 5.15. The number of aromatic nitrogens is 2. The summed E-state index contributed by atoms with van der Waals surface area (Å²) in [5, 5.41) is 0. The molecule has 1 N–H and O–H groups in total. The van der Waals surface area contributed by atoms with Crippen molar-refractivity contribution in [2.75, 3.05) is 6.54 Å². The molecular weight excluding hydrogens is 334 g/mol. The van der Waals surface area contributed by atoms with Crippen LogP contribution in [0.5, 0.6) is 0 Å². The lowest BCUT2D eigenvalue weighted by Gasteiger charge is -2.07. The number of aryl methyl sites for hydroxylation is 1. The number of nitrogens with one attached hydrogen (secondary N) is 1. The molecule has 21 heavy (non-hydrogen) atoms. The van der Waals surface area contributed by atoms with Gasteiger partial charge in [-0.1, -0.05) is 18.5 Å². The van der Waals surface area contributed by atoms with E-state index in [1.807, 2.05) is 6.92 Å². The second-order valence-corrected chi connectivity index (χ2v) is 7.93. The molecule has 0 bridgehead atoms. The summed E-state index contributed by atoms with van der Waals surface area (Å²) >= 11 is 6.70. The van der Waals surface area contributed by atoms with Gasteiger partial charge in [0.15, 0.2) is 0 Å². The zero-order chi connectivity index (χ0) is 15.5. The molecule has 9 heteroatoms. The number of sulfonamides is 1. The van der Waals surface area contributed by atoms with E-state index in [4.69, 9.17) is 11.6 Å². The Morgan fingerprint density at radius 1 is 1.43 bits per heavy atom. The van der Waals surface area contributed by atoms with Crippen molar-refractivity contribution in [3.05, 3.63) is 44.9 Å². The third-order valence-electron chi connectivity index (χ3n) is 2.76. The van der Waals surface area contributed by atoms with Gasteiger partial charge < -0.3 is 0 Å². The normalized spacial score (nSPS) is 11.7. The lowest BCUT2D eigenvalue weighted by atomic mass is 10.3. The minimum absolute atomic E-state index is 0.102. The third kappa shape index (κ3) is 4.13. The molecule has 6 nitrogen and oxygen atoms in total. The maximum Gasteiger partial charge on any atom is 0.253 e. The first-order chi connectivity index (χ1) is 9.92. The summed E-state index contributed by atoms with van der Waals surface area (Å²) in [4.78, 5) is 15.9. The average Bonchev–Trinajstić information content (AvgIpc) is 2.88. The number of hydrogen-bond donors (Lipinski definition) is 1. The molecule has 0 aliphatic carbocycles. The van der Waals surface area contributed by atoms with E-state index in [-0.39, 0.29) is 22.9 Å². The zero-order valence-electron chi connectivity index (χ0n) is 11.2. The Morgan fingerprint density at radius 2 is 2.19 bits per heavy atom. The Bertz CT molecular complexity index is 783. The summed E-state index contributed by atoms with van der Waals surface area (Å²) < 4.78 is 28.3. The molecule has 0 radical (unpaired) electrons. The summed E-state index contributed by atoms with van der Waals surface area (Å²) in [5.41, 5.74) is 0.519. The van der Waals surface area contributed by atoms with E-state index < -0.39 is 10.0 Å². The van der Waals surface area contributed by atoms with E-state index in [9.17, 15) is 13.2 Å². The minimum Gasteiger partial charge on any atom is -0.298 e. The van der Waals surface area contributed by atoms with Gasteiger partial charge in [0.1, 0.15) is 4.21 Å². The van der Waals surface area contributed by atoms with Gasteiger partial charge in [-0.25, -0.2) is 18.1 Å². The molecule has 2 heterocycles. The number of rotatable bonds is 6. The fourth-order valence-corrected chi connectivity index (χ4v) is 4.19. The number of thiophene rings is 1. The molecule has 0 saturated heterocycles. The van der Waals surface area contributed by atoms with Crippen molar-refractivity contribution in [1.82, 2.24) is 14.3 Å². The standard InChI is InChI=1S/C12H14ClN3O3S2/c1-2-9-7-11(17)16(8-14-9)6-5-15-21(18,19)12-4-3-10(13)20-12/h3-4,7-8,15H,2,5-6H2,1H3. The summed E-state index contributed by atoms with van der Waals surface area (Å²) in [6.45, 7) is 2.23. The Hall–Kier alpha value is -1.22.